The van der Waals surface area contributed by atoms with Crippen LogP contribution in [0, 0.1) is 0 Å². The van der Waals surface area contributed by atoms with Gasteiger partial charge in [-0.1, -0.05) is 5.16 Å². The van der Waals surface area contributed by atoms with Crippen LogP contribution in [0.5, 0.6) is 0 Å². The lowest BCUT2D eigenvalue weighted by Crippen LogP contribution is -2.45. The van der Waals surface area contributed by atoms with Crippen LogP contribution in [0.1, 0.15) is 27.7 Å². The molecule has 0 unspecified atom stereocenters. The fraction of sp³-hybridized carbons (Fsp3) is 0.917. The standard InChI is InChI=1S/C12H21NO6/c1-11(2)16-6-8(18-11)9(14)10-7(5-13-15)17-12(3,4)19-10/h5,7-10,14-15H,6H2,1-4H3/b13-5-/t7-,8+,9-,10-/m0/s1. The number of hydrogen-bond donors (Lipinski definition) is 2. The zero-order valence-electron chi connectivity index (χ0n) is 11.6. The van der Waals surface area contributed by atoms with Crippen molar-refractivity contribution in [3.8, 4) is 0 Å². The summed E-state index contributed by atoms with van der Waals surface area (Å²) < 4.78 is 22.2. The highest BCUT2D eigenvalue weighted by Gasteiger charge is 2.49. The second-order valence-corrected chi connectivity index (χ2v) is 5.69. The van der Waals surface area contributed by atoms with Crippen molar-refractivity contribution < 1.29 is 29.3 Å². The molecule has 7 heteroatoms. The predicted octanol–water partition coefficient (Wildman–Crippen LogP) is 0.479. The van der Waals surface area contributed by atoms with E-state index in [-0.39, 0.29) is 6.61 Å². The molecule has 0 aromatic carbocycles. The highest BCUT2D eigenvalue weighted by atomic mass is 16.8. The van der Waals surface area contributed by atoms with Gasteiger partial charge in [-0.05, 0) is 27.7 Å². The van der Waals surface area contributed by atoms with Crippen molar-refractivity contribution in [1.82, 2.24) is 0 Å². The fourth-order valence-electron chi connectivity index (χ4n) is 2.36. The molecule has 0 radical (unpaired) electrons. The second-order valence-electron chi connectivity index (χ2n) is 5.69. The molecule has 0 bridgehead atoms. The minimum Gasteiger partial charge on any atom is -0.411 e. The minimum atomic E-state index is -0.938. The molecule has 2 N–H and O–H groups in total. The third-order valence-corrected chi connectivity index (χ3v) is 3.13. The van der Waals surface area contributed by atoms with Gasteiger partial charge in [-0.2, -0.15) is 0 Å². The molecule has 2 fully saturated rings. The van der Waals surface area contributed by atoms with E-state index in [2.05, 4.69) is 5.16 Å². The zero-order chi connectivity index (χ0) is 14.3. The first-order chi connectivity index (χ1) is 8.74. The maximum absolute atomic E-state index is 10.4. The number of aliphatic hydroxyl groups excluding tert-OH is 1. The monoisotopic (exact) mass is 275 g/mol. The van der Waals surface area contributed by atoms with Crippen LogP contribution in [-0.4, -0.2) is 59.1 Å². The van der Waals surface area contributed by atoms with Gasteiger partial charge in [0.1, 0.15) is 24.4 Å². The Hall–Kier alpha value is -0.730. The van der Waals surface area contributed by atoms with Crippen molar-refractivity contribution in [3.63, 3.8) is 0 Å². The molecule has 0 aromatic heterocycles. The van der Waals surface area contributed by atoms with E-state index in [1.165, 1.54) is 6.21 Å². The molecular weight excluding hydrogens is 254 g/mol. The summed E-state index contributed by atoms with van der Waals surface area (Å²) in [4.78, 5) is 0. The lowest BCUT2D eigenvalue weighted by Gasteiger charge is -2.25. The van der Waals surface area contributed by atoms with Crippen LogP contribution in [0.25, 0.3) is 0 Å². The average Bonchev–Trinajstić information content (AvgIpc) is 2.78. The summed E-state index contributed by atoms with van der Waals surface area (Å²) in [5, 5.41) is 22.0. The molecule has 110 valence electrons. The molecule has 7 nitrogen and oxygen atoms in total. The molecule has 19 heavy (non-hydrogen) atoms. The molecule has 2 rings (SSSR count). The van der Waals surface area contributed by atoms with E-state index in [1.807, 2.05) is 0 Å². The molecule has 0 aromatic rings. The van der Waals surface area contributed by atoms with Crippen molar-refractivity contribution in [3.05, 3.63) is 0 Å². The van der Waals surface area contributed by atoms with Gasteiger partial charge < -0.3 is 29.3 Å². The first-order valence-corrected chi connectivity index (χ1v) is 6.27. The molecular formula is C12H21NO6. The number of oxime groups is 1. The Bertz CT molecular complexity index is 356. The van der Waals surface area contributed by atoms with Gasteiger partial charge in [0, 0.05) is 0 Å². The van der Waals surface area contributed by atoms with E-state index < -0.39 is 36.0 Å². The Labute approximate surface area is 112 Å². The van der Waals surface area contributed by atoms with E-state index in [9.17, 15) is 5.11 Å². The molecule has 4 atom stereocenters. The summed E-state index contributed by atoms with van der Waals surface area (Å²) in [5.74, 6) is -1.58. The molecule has 2 saturated heterocycles. The lowest BCUT2D eigenvalue weighted by atomic mass is 10.0. The Balaban J connectivity index is 2.07. The number of aliphatic hydroxyl groups is 1. The largest absolute Gasteiger partial charge is 0.411 e. The predicted molar refractivity (Wildman–Crippen MR) is 65.0 cm³/mol. The van der Waals surface area contributed by atoms with E-state index >= 15 is 0 Å². The fourth-order valence-corrected chi connectivity index (χ4v) is 2.36. The van der Waals surface area contributed by atoms with Gasteiger partial charge in [0.2, 0.25) is 0 Å². The van der Waals surface area contributed by atoms with Crippen molar-refractivity contribution in [1.29, 1.82) is 0 Å². The summed E-state index contributed by atoms with van der Waals surface area (Å²) in [5.41, 5.74) is 0. The maximum atomic E-state index is 10.4. The zero-order valence-corrected chi connectivity index (χ0v) is 11.6. The summed E-state index contributed by atoms with van der Waals surface area (Å²) in [6.07, 6.45) is -1.56. The molecule has 0 aliphatic carbocycles. The van der Waals surface area contributed by atoms with Gasteiger partial charge in [-0.25, -0.2) is 0 Å². The summed E-state index contributed by atoms with van der Waals surface area (Å²) in [7, 11) is 0. The Morgan fingerprint density at radius 3 is 2.37 bits per heavy atom. The summed E-state index contributed by atoms with van der Waals surface area (Å²) in [6.45, 7) is 7.30. The maximum Gasteiger partial charge on any atom is 0.164 e. The Morgan fingerprint density at radius 2 is 1.84 bits per heavy atom. The van der Waals surface area contributed by atoms with Crippen LogP contribution < -0.4 is 0 Å². The van der Waals surface area contributed by atoms with Gasteiger partial charge in [0.15, 0.2) is 11.6 Å². The minimum absolute atomic E-state index is 0.275. The van der Waals surface area contributed by atoms with Crippen LogP contribution in [-0.2, 0) is 18.9 Å². The van der Waals surface area contributed by atoms with Gasteiger partial charge in [-0.3, -0.25) is 0 Å². The summed E-state index contributed by atoms with van der Waals surface area (Å²) in [6, 6.07) is 0. The normalized spacial score (nSPS) is 38.9. The van der Waals surface area contributed by atoms with Gasteiger partial charge in [0.25, 0.3) is 0 Å². The smallest absolute Gasteiger partial charge is 0.164 e. The Kier molecular flexibility index (Phi) is 3.85. The van der Waals surface area contributed by atoms with Crippen LogP contribution in [0.15, 0.2) is 5.16 Å². The number of nitrogens with zero attached hydrogens (tertiary/aromatic N) is 1. The lowest BCUT2D eigenvalue weighted by molar-refractivity contribution is -0.178. The molecule has 2 aliphatic heterocycles. The van der Waals surface area contributed by atoms with Crippen molar-refractivity contribution >= 4 is 6.21 Å². The second kappa shape index (κ2) is 4.99. The van der Waals surface area contributed by atoms with Crippen LogP contribution in [0.4, 0.5) is 0 Å². The first-order valence-electron chi connectivity index (χ1n) is 6.27. The third kappa shape index (κ3) is 3.24. The third-order valence-electron chi connectivity index (χ3n) is 3.13. The number of hydrogen-bond acceptors (Lipinski definition) is 7. The molecule has 0 amide bonds. The highest BCUT2D eigenvalue weighted by Crippen LogP contribution is 2.33. The van der Waals surface area contributed by atoms with Crippen LogP contribution >= 0.6 is 0 Å². The number of ether oxygens (including phenoxy) is 4. The molecule has 0 saturated carbocycles. The molecule has 2 aliphatic rings. The van der Waals surface area contributed by atoms with Crippen molar-refractivity contribution in [2.24, 2.45) is 5.16 Å². The first kappa shape index (κ1) is 14.7. The van der Waals surface area contributed by atoms with Gasteiger partial charge in [0.05, 0.1) is 12.8 Å². The van der Waals surface area contributed by atoms with E-state index in [1.54, 1.807) is 27.7 Å². The molecule has 2 heterocycles. The van der Waals surface area contributed by atoms with E-state index in [0.717, 1.165) is 0 Å². The summed E-state index contributed by atoms with van der Waals surface area (Å²) >= 11 is 0. The van der Waals surface area contributed by atoms with Crippen molar-refractivity contribution in [2.45, 2.75) is 63.7 Å². The van der Waals surface area contributed by atoms with Crippen LogP contribution in [0.2, 0.25) is 0 Å². The SMILES string of the molecule is CC1(C)O[C@H]([C@@H](O)[C@H]2COC(C)(C)O2)[C@H](/C=N\O)O1. The quantitative estimate of drug-likeness (QED) is 0.442. The average molecular weight is 275 g/mol. The number of rotatable bonds is 3. The highest BCUT2D eigenvalue weighted by molar-refractivity contribution is 5.64. The topological polar surface area (TPSA) is 89.7 Å². The molecule has 0 spiro atoms. The van der Waals surface area contributed by atoms with E-state index in [4.69, 9.17) is 24.2 Å². The van der Waals surface area contributed by atoms with Gasteiger partial charge >= 0.3 is 0 Å². The van der Waals surface area contributed by atoms with Crippen LogP contribution in [0.3, 0.4) is 0 Å². The van der Waals surface area contributed by atoms with Gasteiger partial charge in [-0.15, -0.1) is 0 Å². The van der Waals surface area contributed by atoms with E-state index in [0.29, 0.717) is 0 Å². The van der Waals surface area contributed by atoms with Crippen molar-refractivity contribution in [2.75, 3.05) is 6.61 Å². The Morgan fingerprint density at radius 1 is 1.16 bits per heavy atom.